The largest absolute Gasteiger partial charge is 0.394 e. The highest BCUT2D eigenvalue weighted by Crippen LogP contribution is 2.17. The van der Waals surface area contributed by atoms with Crippen molar-refractivity contribution in [1.29, 1.82) is 0 Å². The third kappa shape index (κ3) is 44.1. The Morgan fingerprint density at radius 2 is 0.691 bits per heavy atom. The molecule has 0 rings (SSSR count). The first-order valence-corrected chi connectivity index (χ1v) is 25.4. The standard InChI is InChI=1S/C51H101NO3/c1-3-5-7-9-11-13-15-17-19-21-23-24-25-26-27-28-29-30-32-34-36-38-40-42-44-46-50(54)49(48-53)52-51(55)47-45-43-41-39-37-35-33-31-22-20-18-16-14-12-10-8-6-4-2/h31,33,49-50,53-54H,3-30,32,34-48H2,1-2H3,(H,52,55)/b33-31-. The van der Waals surface area contributed by atoms with Crippen LogP contribution in [0.15, 0.2) is 12.2 Å². The van der Waals surface area contributed by atoms with Gasteiger partial charge in [-0.05, 0) is 38.5 Å². The molecule has 4 nitrogen and oxygen atoms in total. The van der Waals surface area contributed by atoms with Gasteiger partial charge >= 0.3 is 0 Å². The zero-order valence-electron chi connectivity index (χ0n) is 37.7. The fourth-order valence-electron chi connectivity index (χ4n) is 8.12. The van der Waals surface area contributed by atoms with E-state index in [1.807, 2.05) is 0 Å². The van der Waals surface area contributed by atoms with Crippen LogP contribution in [0, 0.1) is 0 Å². The van der Waals surface area contributed by atoms with E-state index in [0.717, 1.165) is 25.7 Å². The molecule has 0 heterocycles. The molecular formula is C51H101NO3. The average Bonchev–Trinajstić information content (AvgIpc) is 3.19. The lowest BCUT2D eigenvalue weighted by atomic mass is 10.0. The van der Waals surface area contributed by atoms with Crippen molar-refractivity contribution < 1.29 is 15.0 Å². The normalized spacial score (nSPS) is 12.9. The third-order valence-electron chi connectivity index (χ3n) is 12.0. The maximum Gasteiger partial charge on any atom is 0.220 e. The summed E-state index contributed by atoms with van der Waals surface area (Å²) in [7, 11) is 0. The Morgan fingerprint density at radius 3 is 1.00 bits per heavy atom. The van der Waals surface area contributed by atoms with E-state index in [1.54, 1.807) is 0 Å². The van der Waals surface area contributed by atoms with Crippen LogP contribution in [0.5, 0.6) is 0 Å². The minimum absolute atomic E-state index is 0.0349. The van der Waals surface area contributed by atoms with Gasteiger partial charge in [-0.1, -0.05) is 257 Å². The minimum Gasteiger partial charge on any atom is -0.394 e. The quantitative estimate of drug-likeness (QED) is 0.0426. The lowest BCUT2D eigenvalue weighted by Crippen LogP contribution is -2.45. The van der Waals surface area contributed by atoms with Crippen LogP contribution in [0.1, 0.15) is 290 Å². The molecule has 0 saturated heterocycles. The van der Waals surface area contributed by atoms with Gasteiger partial charge in [-0.2, -0.15) is 0 Å². The van der Waals surface area contributed by atoms with Crippen LogP contribution in [-0.4, -0.2) is 34.9 Å². The lowest BCUT2D eigenvalue weighted by molar-refractivity contribution is -0.123. The summed E-state index contributed by atoms with van der Waals surface area (Å²) in [6.45, 7) is 4.38. The number of carbonyl (C=O) groups excluding carboxylic acids is 1. The molecule has 1 amide bonds. The van der Waals surface area contributed by atoms with Gasteiger partial charge in [0.1, 0.15) is 0 Å². The zero-order chi connectivity index (χ0) is 40.0. The van der Waals surface area contributed by atoms with E-state index in [0.29, 0.717) is 12.8 Å². The van der Waals surface area contributed by atoms with Crippen LogP contribution < -0.4 is 5.32 Å². The maximum atomic E-state index is 12.4. The van der Waals surface area contributed by atoms with Crippen molar-refractivity contribution in [3.8, 4) is 0 Å². The second kappa shape index (κ2) is 47.5. The van der Waals surface area contributed by atoms with Gasteiger partial charge in [0.05, 0.1) is 18.8 Å². The Balaban J connectivity index is 3.45. The molecule has 0 fully saturated rings. The molecule has 0 aromatic carbocycles. The number of hydrogen-bond acceptors (Lipinski definition) is 3. The van der Waals surface area contributed by atoms with Crippen molar-refractivity contribution in [2.24, 2.45) is 0 Å². The summed E-state index contributed by atoms with van der Waals surface area (Å²) in [4.78, 5) is 12.4. The summed E-state index contributed by atoms with van der Waals surface area (Å²) in [6.07, 6.45) is 60.3. The number of amides is 1. The van der Waals surface area contributed by atoms with Crippen LogP contribution in [0.3, 0.4) is 0 Å². The van der Waals surface area contributed by atoms with Crippen LogP contribution >= 0.6 is 0 Å². The predicted molar refractivity (Wildman–Crippen MR) is 244 cm³/mol. The van der Waals surface area contributed by atoms with Crippen LogP contribution in [0.25, 0.3) is 0 Å². The summed E-state index contributed by atoms with van der Waals surface area (Å²) < 4.78 is 0. The van der Waals surface area contributed by atoms with E-state index < -0.39 is 12.1 Å². The first kappa shape index (κ1) is 54.1. The van der Waals surface area contributed by atoms with Crippen molar-refractivity contribution in [2.45, 2.75) is 302 Å². The van der Waals surface area contributed by atoms with Crippen LogP contribution in [0.4, 0.5) is 0 Å². The molecule has 0 aromatic rings. The number of allylic oxidation sites excluding steroid dienone is 2. The first-order chi connectivity index (χ1) is 27.2. The lowest BCUT2D eigenvalue weighted by Gasteiger charge is -2.22. The fourth-order valence-corrected chi connectivity index (χ4v) is 8.12. The van der Waals surface area contributed by atoms with Gasteiger partial charge < -0.3 is 15.5 Å². The summed E-state index contributed by atoms with van der Waals surface area (Å²) in [5.74, 6) is -0.0349. The Labute approximate surface area is 346 Å². The third-order valence-corrected chi connectivity index (χ3v) is 12.0. The number of rotatable bonds is 47. The molecule has 0 aliphatic heterocycles. The second-order valence-electron chi connectivity index (χ2n) is 17.6. The van der Waals surface area contributed by atoms with E-state index in [1.165, 1.54) is 238 Å². The molecule has 0 radical (unpaired) electrons. The maximum absolute atomic E-state index is 12.4. The summed E-state index contributed by atoms with van der Waals surface area (Å²) >= 11 is 0. The molecule has 55 heavy (non-hydrogen) atoms. The highest BCUT2D eigenvalue weighted by atomic mass is 16.3. The average molecular weight is 776 g/mol. The molecule has 0 aromatic heterocycles. The molecule has 0 bridgehead atoms. The summed E-state index contributed by atoms with van der Waals surface area (Å²) in [5.41, 5.74) is 0. The van der Waals surface area contributed by atoms with Crippen molar-refractivity contribution in [1.82, 2.24) is 5.32 Å². The predicted octanol–water partition coefficient (Wildman–Crippen LogP) is 16.2. The van der Waals surface area contributed by atoms with E-state index >= 15 is 0 Å². The number of aliphatic hydroxyl groups excluding tert-OH is 2. The van der Waals surface area contributed by atoms with Gasteiger partial charge in [-0.15, -0.1) is 0 Å². The Morgan fingerprint density at radius 1 is 0.418 bits per heavy atom. The van der Waals surface area contributed by atoms with Crippen molar-refractivity contribution in [2.75, 3.05) is 6.61 Å². The number of carbonyl (C=O) groups is 1. The highest BCUT2D eigenvalue weighted by Gasteiger charge is 2.20. The molecule has 328 valence electrons. The molecular weight excluding hydrogens is 675 g/mol. The Kier molecular flexibility index (Phi) is 46.8. The zero-order valence-corrected chi connectivity index (χ0v) is 37.7. The summed E-state index contributed by atoms with van der Waals surface area (Å²) in [5, 5.41) is 23.3. The van der Waals surface area contributed by atoms with E-state index in [2.05, 4.69) is 31.3 Å². The van der Waals surface area contributed by atoms with Crippen LogP contribution in [-0.2, 0) is 4.79 Å². The van der Waals surface area contributed by atoms with Crippen molar-refractivity contribution >= 4 is 5.91 Å². The van der Waals surface area contributed by atoms with Gasteiger partial charge in [-0.3, -0.25) is 4.79 Å². The monoisotopic (exact) mass is 776 g/mol. The highest BCUT2D eigenvalue weighted by molar-refractivity contribution is 5.76. The molecule has 2 atom stereocenters. The number of aliphatic hydroxyl groups is 2. The molecule has 2 unspecified atom stereocenters. The van der Waals surface area contributed by atoms with E-state index in [-0.39, 0.29) is 12.5 Å². The van der Waals surface area contributed by atoms with Crippen LogP contribution in [0.2, 0.25) is 0 Å². The molecule has 0 aliphatic rings. The molecule has 4 heteroatoms. The smallest absolute Gasteiger partial charge is 0.220 e. The summed E-state index contributed by atoms with van der Waals surface area (Å²) in [6, 6.07) is -0.538. The van der Waals surface area contributed by atoms with Crippen molar-refractivity contribution in [3.63, 3.8) is 0 Å². The molecule has 0 spiro atoms. The second-order valence-corrected chi connectivity index (χ2v) is 17.6. The first-order valence-electron chi connectivity index (χ1n) is 25.4. The van der Waals surface area contributed by atoms with Gasteiger partial charge in [0, 0.05) is 6.42 Å². The van der Waals surface area contributed by atoms with Gasteiger partial charge in [0.2, 0.25) is 5.91 Å². The Hall–Kier alpha value is -0.870. The van der Waals surface area contributed by atoms with E-state index in [9.17, 15) is 15.0 Å². The number of unbranched alkanes of at least 4 members (excludes halogenated alkanes) is 38. The van der Waals surface area contributed by atoms with Gasteiger partial charge in [0.25, 0.3) is 0 Å². The Bertz CT molecular complexity index is 754. The van der Waals surface area contributed by atoms with Gasteiger partial charge in [-0.25, -0.2) is 0 Å². The SMILES string of the molecule is CCCCCCCCCCC/C=C\CCCCCCCC(=O)NC(CO)C(O)CCCCCCCCCCCCCCCCCCCCCCCCCCC. The van der Waals surface area contributed by atoms with E-state index in [4.69, 9.17) is 0 Å². The fraction of sp³-hybridized carbons (Fsp3) is 0.941. The van der Waals surface area contributed by atoms with Crippen molar-refractivity contribution in [3.05, 3.63) is 12.2 Å². The number of hydrogen-bond donors (Lipinski definition) is 3. The molecule has 0 saturated carbocycles. The topological polar surface area (TPSA) is 69.6 Å². The minimum atomic E-state index is -0.660. The number of nitrogens with one attached hydrogen (secondary N) is 1. The molecule has 0 aliphatic carbocycles. The van der Waals surface area contributed by atoms with Gasteiger partial charge in [0.15, 0.2) is 0 Å². The molecule has 3 N–H and O–H groups in total.